The van der Waals surface area contributed by atoms with Crippen molar-refractivity contribution in [3.05, 3.63) is 37.9 Å². The fourth-order valence-corrected chi connectivity index (χ4v) is 2.93. The van der Waals surface area contributed by atoms with Gasteiger partial charge in [-0.1, -0.05) is 6.92 Å². The highest BCUT2D eigenvalue weighted by atomic mass is 32.2. The minimum Gasteiger partial charge on any atom is -0.365 e. The number of thioether (sulfide) groups is 1. The molecule has 0 saturated heterocycles. The Morgan fingerprint density at radius 1 is 1.27 bits per heavy atom. The van der Waals surface area contributed by atoms with Gasteiger partial charge in [0.05, 0.1) is 26.5 Å². The molecule has 144 valence electrons. The van der Waals surface area contributed by atoms with E-state index < -0.39 is 44.7 Å². The van der Waals surface area contributed by atoms with Gasteiger partial charge in [0.1, 0.15) is 0 Å². The molecule has 8 nitrogen and oxygen atoms in total. The van der Waals surface area contributed by atoms with Gasteiger partial charge in [-0.15, -0.1) is 11.8 Å². The van der Waals surface area contributed by atoms with E-state index in [1.807, 2.05) is 6.92 Å². The summed E-state index contributed by atoms with van der Waals surface area (Å²) in [5.74, 6) is 0.704. The Kier molecular flexibility index (Phi) is 7.36. The molecule has 0 aliphatic rings. The summed E-state index contributed by atoms with van der Waals surface area (Å²) in [5, 5.41) is 25.5. The second kappa shape index (κ2) is 8.83. The lowest BCUT2D eigenvalue weighted by molar-refractivity contribution is -0.392. The van der Waals surface area contributed by atoms with Crippen molar-refractivity contribution < 1.29 is 23.0 Å². The summed E-state index contributed by atoms with van der Waals surface area (Å²) in [7, 11) is 1.49. The highest BCUT2D eigenvalue weighted by Crippen LogP contribution is 2.41. The summed E-state index contributed by atoms with van der Waals surface area (Å²) < 4.78 is 38.7. The first-order valence-corrected chi connectivity index (χ1v) is 8.41. The van der Waals surface area contributed by atoms with Crippen LogP contribution in [0.2, 0.25) is 0 Å². The molecule has 0 radical (unpaired) electrons. The maximum Gasteiger partial charge on any atom is 0.416 e. The Morgan fingerprint density at radius 3 is 2.12 bits per heavy atom. The largest absolute Gasteiger partial charge is 0.416 e. The van der Waals surface area contributed by atoms with E-state index in [9.17, 15) is 33.4 Å². The van der Waals surface area contributed by atoms with Gasteiger partial charge in [0, 0.05) is 19.2 Å². The maximum atomic E-state index is 12.9. The highest BCUT2D eigenvalue weighted by Gasteiger charge is 2.38. The number of nitro groups is 2. The van der Waals surface area contributed by atoms with Gasteiger partial charge in [-0.25, -0.2) is 0 Å². The van der Waals surface area contributed by atoms with E-state index in [4.69, 9.17) is 0 Å². The summed E-state index contributed by atoms with van der Waals surface area (Å²) in [6, 6.07) is -0.0979. The molecule has 0 saturated carbocycles. The third-order valence-corrected chi connectivity index (χ3v) is 4.67. The quantitative estimate of drug-likeness (QED) is 0.316. The van der Waals surface area contributed by atoms with Crippen molar-refractivity contribution in [3.8, 4) is 0 Å². The van der Waals surface area contributed by atoms with Crippen LogP contribution in [-0.4, -0.2) is 33.7 Å². The molecule has 1 unspecified atom stereocenters. The molecule has 1 aromatic rings. The van der Waals surface area contributed by atoms with Crippen molar-refractivity contribution in [3.63, 3.8) is 0 Å². The number of anilines is 1. The molecule has 0 fully saturated rings. The van der Waals surface area contributed by atoms with E-state index in [0.717, 1.165) is 6.42 Å². The van der Waals surface area contributed by atoms with Gasteiger partial charge >= 0.3 is 6.18 Å². The molecule has 0 aliphatic carbocycles. The number of alkyl halides is 3. The van der Waals surface area contributed by atoms with Crippen LogP contribution in [0.15, 0.2) is 17.1 Å². The Hall–Kier alpha value is -2.37. The van der Waals surface area contributed by atoms with Gasteiger partial charge in [0.25, 0.3) is 11.4 Å². The van der Waals surface area contributed by atoms with Gasteiger partial charge in [-0.05, 0) is 19.1 Å². The Labute approximate surface area is 151 Å². The summed E-state index contributed by atoms with van der Waals surface area (Å²) in [6.45, 7) is 3.50. The first-order valence-electron chi connectivity index (χ1n) is 7.42. The van der Waals surface area contributed by atoms with Crippen LogP contribution in [0.1, 0.15) is 25.8 Å². The maximum absolute atomic E-state index is 12.9. The molecule has 1 aromatic carbocycles. The van der Waals surface area contributed by atoms with E-state index in [2.05, 4.69) is 10.3 Å². The number of benzene rings is 1. The van der Waals surface area contributed by atoms with Crippen LogP contribution in [0.5, 0.6) is 0 Å². The van der Waals surface area contributed by atoms with Crippen LogP contribution < -0.4 is 5.32 Å². The van der Waals surface area contributed by atoms with E-state index in [1.54, 1.807) is 6.92 Å². The number of nitrogens with zero attached hydrogens (tertiary/aromatic N) is 3. The normalized spacial score (nSPS) is 13.4. The fraction of sp³-hybridized carbons (Fsp3) is 0.500. The number of hydrogen-bond acceptors (Lipinski definition) is 7. The van der Waals surface area contributed by atoms with Crippen LogP contribution in [0.3, 0.4) is 0 Å². The lowest BCUT2D eigenvalue weighted by Crippen LogP contribution is -2.25. The predicted molar refractivity (Wildman–Crippen MR) is 93.9 cm³/mol. The average molecular weight is 394 g/mol. The van der Waals surface area contributed by atoms with E-state index >= 15 is 0 Å². The fourth-order valence-electron chi connectivity index (χ4n) is 2.08. The zero-order valence-corrected chi connectivity index (χ0v) is 15.0. The summed E-state index contributed by atoms with van der Waals surface area (Å²) in [4.78, 5) is 24.3. The third-order valence-electron chi connectivity index (χ3n) is 3.22. The molecule has 26 heavy (non-hydrogen) atoms. The molecule has 1 atom stereocenters. The number of aliphatic imine (C=N–C) groups is 1. The van der Waals surface area contributed by atoms with Crippen molar-refractivity contribution in [1.82, 2.24) is 0 Å². The smallest absolute Gasteiger partial charge is 0.365 e. The molecular formula is C14H17F3N4O4S. The van der Waals surface area contributed by atoms with Crippen molar-refractivity contribution in [1.29, 1.82) is 0 Å². The number of halogens is 3. The van der Waals surface area contributed by atoms with Gasteiger partial charge < -0.3 is 5.32 Å². The van der Waals surface area contributed by atoms with Gasteiger partial charge in [0.15, 0.2) is 5.69 Å². The molecule has 0 aromatic heterocycles. The van der Waals surface area contributed by atoms with Crippen molar-refractivity contribution >= 4 is 33.9 Å². The molecule has 1 rings (SSSR count). The Bertz CT molecular complexity index is 690. The van der Waals surface area contributed by atoms with Crippen LogP contribution in [0.4, 0.5) is 30.2 Å². The number of nitro benzene ring substituents is 2. The van der Waals surface area contributed by atoms with Gasteiger partial charge in [0.2, 0.25) is 0 Å². The SMILES string of the molecule is CCCSC(=NC)C(C)Nc1c([N+](=O)[O-])cc(C(F)(F)F)cc1[N+](=O)[O-]. The second-order valence-electron chi connectivity index (χ2n) is 5.18. The second-order valence-corrected chi connectivity index (χ2v) is 6.29. The molecule has 0 aliphatic heterocycles. The summed E-state index contributed by atoms with van der Waals surface area (Å²) in [6.07, 6.45) is -4.12. The average Bonchev–Trinajstić information content (AvgIpc) is 2.54. The number of hydrogen-bond donors (Lipinski definition) is 1. The van der Waals surface area contributed by atoms with Crippen LogP contribution in [-0.2, 0) is 6.18 Å². The summed E-state index contributed by atoms with van der Waals surface area (Å²) >= 11 is 1.35. The molecule has 0 amide bonds. The van der Waals surface area contributed by atoms with E-state index in [1.165, 1.54) is 18.8 Å². The van der Waals surface area contributed by atoms with Crippen molar-refractivity contribution in [2.75, 3.05) is 18.1 Å². The highest BCUT2D eigenvalue weighted by molar-refractivity contribution is 8.14. The first kappa shape index (κ1) is 21.7. The van der Waals surface area contributed by atoms with Crippen LogP contribution >= 0.6 is 11.8 Å². The molecular weight excluding hydrogens is 377 g/mol. The Morgan fingerprint density at radius 2 is 1.77 bits per heavy atom. The van der Waals surface area contributed by atoms with Crippen molar-refractivity contribution in [2.24, 2.45) is 4.99 Å². The lowest BCUT2D eigenvalue weighted by Gasteiger charge is -2.18. The molecule has 0 bridgehead atoms. The van der Waals surface area contributed by atoms with Gasteiger partial charge in [-0.2, -0.15) is 13.2 Å². The minimum absolute atomic E-state index is 0.282. The molecule has 12 heteroatoms. The van der Waals surface area contributed by atoms with Crippen molar-refractivity contribution in [2.45, 2.75) is 32.5 Å². The zero-order valence-electron chi connectivity index (χ0n) is 14.2. The number of rotatable bonds is 7. The molecule has 1 N–H and O–H groups in total. The predicted octanol–water partition coefficient (Wildman–Crippen LogP) is 4.49. The van der Waals surface area contributed by atoms with Crippen LogP contribution in [0, 0.1) is 20.2 Å². The minimum atomic E-state index is -4.95. The standard InChI is InChI=1S/C14H17F3N4O4S/c1-4-5-26-13(18-3)8(2)19-12-10(20(22)23)6-9(14(15,16)17)7-11(12)21(24)25/h6-8,19H,4-5H2,1-3H3. The number of nitrogens with one attached hydrogen (secondary N) is 1. The van der Waals surface area contributed by atoms with E-state index in [-0.39, 0.29) is 12.1 Å². The topological polar surface area (TPSA) is 111 Å². The monoisotopic (exact) mass is 394 g/mol. The molecule has 0 spiro atoms. The van der Waals surface area contributed by atoms with Gasteiger partial charge in [-0.3, -0.25) is 25.2 Å². The third kappa shape index (κ3) is 5.31. The summed E-state index contributed by atoms with van der Waals surface area (Å²) in [5.41, 5.74) is -4.08. The first-order chi connectivity index (χ1) is 12.0. The molecule has 0 heterocycles. The zero-order chi connectivity index (χ0) is 20.1. The lowest BCUT2D eigenvalue weighted by atomic mass is 10.1. The van der Waals surface area contributed by atoms with E-state index in [0.29, 0.717) is 10.8 Å². The van der Waals surface area contributed by atoms with Crippen LogP contribution in [0.25, 0.3) is 0 Å². The Balaban J connectivity index is 3.44.